The van der Waals surface area contributed by atoms with Crippen molar-refractivity contribution in [2.45, 2.75) is 77.2 Å². The van der Waals surface area contributed by atoms with E-state index < -0.39 is 35.7 Å². The number of methoxy groups -OCH3 is 2. The van der Waals surface area contributed by atoms with E-state index in [1.54, 1.807) is 35.0 Å². The zero-order chi connectivity index (χ0) is 37.3. The van der Waals surface area contributed by atoms with E-state index in [1.165, 1.54) is 4.90 Å². The molecule has 1 aliphatic carbocycles. The second kappa shape index (κ2) is 17.6. The topological polar surface area (TPSA) is 116 Å². The minimum atomic E-state index is -0.835. The van der Waals surface area contributed by atoms with E-state index in [4.69, 9.17) is 23.7 Å². The highest BCUT2D eigenvalue weighted by Gasteiger charge is 2.48. The highest BCUT2D eigenvalue weighted by Crippen LogP contribution is 2.41. The first-order chi connectivity index (χ1) is 25.0. The third-order valence-electron chi connectivity index (χ3n) is 9.14. The third kappa shape index (κ3) is 10.4. The molecule has 1 saturated heterocycles. The van der Waals surface area contributed by atoms with Gasteiger partial charge in [0.15, 0.2) is 0 Å². The minimum absolute atomic E-state index is 0.0285. The summed E-state index contributed by atoms with van der Waals surface area (Å²) < 4.78 is 28.7. The summed E-state index contributed by atoms with van der Waals surface area (Å²) in [6.45, 7) is 9.13. The van der Waals surface area contributed by atoms with Crippen LogP contribution in [0.4, 0.5) is 9.59 Å². The molecule has 11 nitrogen and oxygen atoms in total. The van der Waals surface area contributed by atoms with Gasteiger partial charge in [-0.25, -0.2) is 9.59 Å². The Morgan fingerprint density at radius 3 is 2.29 bits per heavy atom. The normalized spacial score (nSPS) is 18.7. The van der Waals surface area contributed by atoms with Gasteiger partial charge in [-0.3, -0.25) is 4.79 Å². The van der Waals surface area contributed by atoms with E-state index in [2.05, 4.69) is 11.4 Å². The molecular weight excluding hydrogens is 662 g/mol. The summed E-state index contributed by atoms with van der Waals surface area (Å²) >= 11 is 0. The first-order valence-electron chi connectivity index (χ1n) is 18.2. The van der Waals surface area contributed by atoms with Crippen molar-refractivity contribution in [3.63, 3.8) is 0 Å². The first-order valence-corrected chi connectivity index (χ1v) is 18.2. The smallest absolute Gasteiger partial charge is 0.410 e. The Hall–Kier alpha value is -4.77. The number of rotatable bonds is 14. The van der Waals surface area contributed by atoms with Crippen LogP contribution in [0.3, 0.4) is 0 Å². The molecule has 3 amide bonds. The summed E-state index contributed by atoms with van der Waals surface area (Å²) in [5.74, 6) is -0.150. The van der Waals surface area contributed by atoms with Crippen molar-refractivity contribution in [3.05, 3.63) is 83.9 Å². The predicted molar refractivity (Wildman–Crippen MR) is 198 cm³/mol. The van der Waals surface area contributed by atoms with Gasteiger partial charge in [0, 0.05) is 57.8 Å². The molecule has 1 heterocycles. The molecule has 11 heteroatoms. The Kier molecular flexibility index (Phi) is 13.0. The number of carbonyl (C=O) groups is 3. The van der Waals surface area contributed by atoms with Gasteiger partial charge in [0.2, 0.25) is 5.91 Å². The van der Waals surface area contributed by atoms with Crippen LogP contribution in [-0.4, -0.2) is 92.7 Å². The molecule has 2 fully saturated rings. The largest absolute Gasteiger partial charge is 0.497 e. The Morgan fingerprint density at radius 2 is 1.62 bits per heavy atom. The third-order valence-corrected chi connectivity index (χ3v) is 9.14. The van der Waals surface area contributed by atoms with Crippen molar-refractivity contribution >= 4 is 18.1 Å². The van der Waals surface area contributed by atoms with E-state index in [9.17, 15) is 9.59 Å². The maximum absolute atomic E-state index is 15.1. The van der Waals surface area contributed by atoms with Crippen molar-refractivity contribution in [2.75, 3.05) is 47.1 Å². The van der Waals surface area contributed by atoms with Crippen molar-refractivity contribution in [1.29, 1.82) is 0 Å². The van der Waals surface area contributed by atoms with Crippen molar-refractivity contribution in [2.24, 2.45) is 5.92 Å². The number of hydrogen-bond acceptors (Lipinski definition) is 8. The number of amides is 3. The number of carbonyl (C=O) groups excluding carboxylic acids is 3. The Labute approximate surface area is 307 Å². The van der Waals surface area contributed by atoms with Crippen LogP contribution in [0.2, 0.25) is 0 Å². The lowest BCUT2D eigenvalue weighted by atomic mass is 9.77. The lowest BCUT2D eigenvalue weighted by Crippen LogP contribution is -2.57. The van der Waals surface area contributed by atoms with Crippen LogP contribution >= 0.6 is 0 Å². The molecule has 1 saturated carbocycles. The van der Waals surface area contributed by atoms with Crippen LogP contribution < -0.4 is 14.8 Å². The SMILES string of the molecule is CCNC(=O)O[C@@H]1CN(C(=O)OC(C)(C)C)C[C@H](C(=O)N(Cc2cc(OC)cc(OCCCOC)c2)C2CC2)[C@H]1c1cccc(-c2ccccc2)c1. The van der Waals surface area contributed by atoms with Gasteiger partial charge in [0.1, 0.15) is 23.2 Å². The van der Waals surface area contributed by atoms with Gasteiger partial charge in [-0.15, -0.1) is 0 Å². The quantitative estimate of drug-likeness (QED) is 0.177. The number of alkyl carbamates (subject to hydrolysis) is 1. The highest BCUT2D eigenvalue weighted by molar-refractivity contribution is 5.83. The molecule has 0 bridgehead atoms. The Morgan fingerprint density at radius 1 is 0.885 bits per heavy atom. The van der Waals surface area contributed by atoms with Gasteiger partial charge >= 0.3 is 12.2 Å². The molecule has 0 unspecified atom stereocenters. The van der Waals surface area contributed by atoms with Gasteiger partial charge in [-0.05, 0) is 74.9 Å². The number of likely N-dealkylation sites (tertiary alicyclic amines) is 1. The molecule has 5 rings (SSSR count). The number of benzene rings is 3. The van der Waals surface area contributed by atoms with E-state index in [0.29, 0.717) is 37.8 Å². The van der Waals surface area contributed by atoms with Crippen molar-refractivity contribution < 1.29 is 38.1 Å². The van der Waals surface area contributed by atoms with Gasteiger partial charge in [-0.1, -0.05) is 54.6 Å². The number of nitrogens with zero attached hydrogens (tertiary/aromatic N) is 2. The molecule has 1 aliphatic heterocycles. The van der Waals surface area contributed by atoms with E-state index >= 15 is 4.79 Å². The molecule has 1 N–H and O–H groups in total. The van der Waals surface area contributed by atoms with Crippen LogP contribution in [0.1, 0.15) is 64.0 Å². The van der Waals surface area contributed by atoms with E-state index in [0.717, 1.165) is 41.5 Å². The summed E-state index contributed by atoms with van der Waals surface area (Å²) in [4.78, 5) is 45.3. The van der Waals surface area contributed by atoms with Gasteiger partial charge in [0.05, 0.1) is 26.2 Å². The summed E-state index contributed by atoms with van der Waals surface area (Å²) in [5, 5.41) is 2.73. The fraction of sp³-hybridized carbons (Fsp3) is 0.488. The molecule has 0 radical (unpaired) electrons. The van der Waals surface area contributed by atoms with Crippen molar-refractivity contribution in [1.82, 2.24) is 15.1 Å². The zero-order valence-corrected chi connectivity index (χ0v) is 31.3. The number of ether oxygens (including phenoxy) is 5. The van der Waals surface area contributed by atoms with Crippen LogP contribution in [0.15, 0.2) is 72.8 Å². The van der Waals surface area contributed by atoms with Crippen LogP contribution in [0, 0.1) is 5.92 Å². The fourth-order valence-corrected chi connectivity index (χ4v) is 6.66. The predicted octanol–water partition coefficient (Wildman–Crippen LogP) is 7.03. The molecule has 0 spiro atoms. The highest BCUT2D eigenvalue weighted by atomic mass is 16.6. The van der Waals surface area contributed by atoms with Crippen molar-refractivity contribution in [3.8, 4) is 22.6 Å². The van der Waals surface area contributed by atoms with E-state index in [-0.39, 0.29) is 25.0 Å². The average molecular weight is 716 g/mol. The summed E-state index contributed by atoms with van der Waals surface area (Å²) in [7, 11) is 3.26. The molecule has 0 aromatic heterocycles. The maximum atomic E-state index is 15.1. The summed E-state index contributed by atoms with van der Waals surface area (Å²) in [6.07, 6.45) is 0.460. The van der Waals surface area contributed by atoms with E-state index in [1.807, 2.05) is 78.6 Å². The lowest BCUT2D eigenvalue weighted by Gasteiger charge is -2.44. The number of piperidine rings is 1. The zero-order valence-electron chi connectivity index (χ0n) is 31.3. The minimum Gasteiger partial charge on any atom is -0.497 e. The summed E-state index contributed by atoms with van der Waals surface area (Å²) in [6, 6.07) is 23.8. The molecular formula is C41H53N3O8. The molecule has 2 aliphatic rings. The standard InChI is InChI=1S/C41H53N3O8/c1-7-42-39(46)51-36-27-43(40(47)52-41(2,3)4)26-35(37(36)31-16-11-15-30(23-31)29-13-9-8-10-14-29)38(45)44(32-17-18-32)25-28-21-33(49-6)24-34(22-28)50-20-12-19-48-5/h8-11,13-16,21-24,32,35-37H,7,12,17-20,25-27H2,1-6H3,(H,42,46)/t35-,36+,37+/m0/s1. The Bertz CT molecular complexity index is 1660. The van der Waals surface area contributed by atoms with Gasteiger partial charge in [-0.2, -0.15) is 0 Å². The summed E-state index contributed by atoms with van der Waals surface area (Å²) in [5.41, 5.74) is 2.95. The molecule has 3 atom stereocenters. The Balaban J connectivity index is 1.54. The average Bonchev–Trinajstić information content (AvgIpc) is 3.97. The number of hydrogen-bond donors (Lipinski definition) is 1. The van der Waals surface area contributed by atoms with Crippen LogP contribution in [-0.2, 0) is 25.5 Å². The second-order valence-electron chi connectivity index (χ2n) is 14.4. The van der Waals surface area contributed by atoms with Gasteiger partial charge in [0.25, 0.3) is 0 Å². The van der Waals surface area contributed by atoms with Crippen LogP contribution in [0.25, 0.3) is 11.1 Å². The van der Waals surface area contributed by atoms with Crippen LogP contribution in [0.5, 0.6) is 11.5 Å². The lowest BCUT2D eigenvalue weighted by molar-refractivity contribution is -0.141. The maximum Gasteiger partial charge on any atom is 0.410 e. The monoisotopic (exact) mass is 715 g/mol. The number of nitrogens with one attached hydrogen (secondary N) is 1. The fourth-order valence-electron chi connectivity index (χ4n) is 6.66. The first kappa shape index (κ1) is 38.5. The molecule has 3 aromatic carbocycles. The van der Waals surface area contributed by atoms with Gasteiger partial charge < -0.3 is 38.8 Å². The second-order valence-corrected chi connectivity index (χ2v) is 14.4. The molecule has 280 valence electrons. The molecule has 3 aromatic rings. The molecule has 52 heavy (non-hydrogen) atoms.